The largest absolute Gasteiger partial charge is 0.344 e. The zero-order valence-corrected chi connectivity index (χ0v) is 11.6. The molecule has 0 heterocycles. The minimum absolute atomic E-state index is 0.221. The highest BCUT2D eigenvalue weighted by molar-refractivity contribution is 7.80. The Labute approximate surface area is 117 Å². The number of nitriles is 1. The number of hydrogen-bond acceptors (Lipinski definition) is 4. The fraction of sp³-hybridized carbons (Fsp3) is 0.308. The second-order valence-electron chi connectivity index (χ2n) is 3.99. The minimum atomic E-state index is -0.665. The normalized spacial score (nSPS) is 11.3. The molecule has 0 saturated heterocycles. The summed E-state index contributed by atoms with van der Waals surface area (Å²) in [6, 6.07) is 7.97. The Kier molecular flexibility index (Phi) is 5.39. The average Bonchev–Trinajstić information content (AvgIpc) is 2.43. The summed E-state index contributed by atoms with van der Waals surface area (Å²) in [5, 5.41) is 11.3. The van der Waals surface area contributed by atoms with Crippen LogP contribution in [-0.4, -0.2) is 30.7 Å². The molecule has 1 N–H and O–H groups in total. The zero-order valence-electron chi connectivity index (χ0n) is 10.8. The molecule has 0 spiro atoms. The first-order chi connectivity index (χ1) is 8.99. The molecular formula is C13H15N3O2S. The maximum atomic E-state index is 12.2. The van der Waals surface area contributed by atoms with E-state index in [0.717, 1.165) is 0 Å². The molecule has 5 nitrogen and oxygen atoms in total. The lowest BCUT2D eigenvalue weighted by Gasteiger charge is -2.23. The van der Waals surface area contributed by atoms with E-state index < -0.39 is 6.04 Å². The van der Waals surface area contributed by atoms with Crippen molar-refractivity contribution in [2.45, 2.75) is 13.0 Å². The molecule has 100 valence electrons. The summed E-state index contributed by atoms with van der Waals surface area (Å²) in [4.78, 5) is 24.6. The number of carbonyl (C=O) groups is 2. The average molecular weight is 277 g/mol. The molecule has 0 bridgehead atoms. The molecule has 1 unspecified atom stereocenters. The van der Waals surface area contributed by atoms with Gasteiger partial charge in [0.15, 0.2) is 0 Å². The van der Waals surface area contributed by atoms with Gasteiger partial charge in [-0.05, 0) is 24.3 Å². The molecule has 2 amide bonds. The Morgan fingerprint density at radius 1 is 1.42 bits per heavy atom. The van der Waals surface area contributed by atoms with Gasteiger partial charge in [-0.2, -0.15) is 17.9 Å². The maximum Gasteiger partial charge on any atom is 0.250 e. The summed E-state index contributed by atoms with van der Waals surface area (Å²) in [5.74, 6) is -0.311. The van der Waals surface area contributed by atoms with Crippen molar-refractivity contribution in [2.24, 2.45) is 0 Å². The summed E-state index contributed by atoms with van der Waals surface area (Å²) < 4.78 is 0. The summed E-state index contributed by atoms with van der Waals surface area (Å²) in [7, 11) is 1.61. The Morgan fingerprint density at radius 3 is 2.42 bits per heavy atom. The van der Waals surface area contributed by atoms with Crippen molar-refractivity contribution in [1.82, 2.24) is 5.32 Å². The molecule has 0 radical (unpaired) electrons. The van der Waals surface area contributed by atoms with Gasteiger partial charge < -0.3 is 10.2 Å². The predicted molar refractivity (Wildman–Crippen MR) is 76.0 cm³/mol. The molecule has 1 aromatic carbocycles. The molecule has 1 atom stereocenters. The number of amides is 2. The van der Waals surface area contributed by atoms with Crippen LogP contribution in [0.5, 0.6) is 0 Å². The lowest BCUT2D eigenvalue weighted by molar-refractivity contribution is -0.125. The van der Waals surface area contributed by atoms with Crippen LogP contribution in [0.15, 0.2) is 24.3 Å². The Bertz CT molecular complexity index is 508. The molecule has 0 aliphatic carbocycles. The van der Waals surface area contributed by atoms with E-state index in [4.69, 9.17) is 5.26 Å². The number of rotatable bonds is 4. The fourth-order valence-electron chi connectivity index (χ4n) is 1.55. The first kappa shape index (κ1) is 15.1. The number of nitrogens with zero attached hydrogens (tertiary/aromatic N) is 2. The zero-order chi connectivity index (χ0) is 14.4. The highest BCUT2D eigenvalue weighted by Crippen LogP contribution is 2.14. The van der Waals surface area contributed by atoms with Gasteiger partial charge >= 0.3 is 0 Å². The van der Waals surface area contributed by atoms with Crippen LogP contribution < -0.4 is 10.2 Å². The Balaban J connectivity index is 2.85. The molecule has 0 aliphatic heterocycles. The molecule has 0 fully saturated rings. The number of nitrogens with one attached hydrogen (secondary N) is 1. The van der Waals surface area contributed by atoms with Gasteiger partial charge in [0.1, 0.15) is 6.04 Å². The molecule has 0 aliphatic rings. The van der Waals surface area contributed by atoms with Crippen LogP contribution in [0.2, 0.25) is 0 Å². The standard InChI is InChI=1S/C13H15N3O2S/c1-9(17)15-12(8-19)13(18)16(2)11-5-3-10(7-14)4-6-11/h3-6,12,19H,8H2,1-2H3,(H,15,17). The van der Waals surface area contributed by atoms with E-state index in [1.54, 1.807) is 31.3 Å². The first-order valence-corrected chi connectivity index (χ1v) is 6.28. The van der Waals surface area contributed by atoms with Gasteiger partial charge in [-0.3, -0.25) is 9.59 Å². The number of benzene rings is 1. The number of likely N-dealkylation sites (N-methyl/N-ethyl adjacent to an activating group) is 1. The van der Waals surface area contributed by atoms with E-state index in [0.29, 0.717) is 11.3 Å². The van der Waals surface area contributed by atoms with Gasteiger partial charge in [-0.25, -0.2) is 0 Å². The lowest BCUT2D eigenvalue weighted by Crippen LogP contribution is -2.48. The van der Waals surface area contributed by atoms with Gasteiger partial charge in [0.05, 0.1) is 11.6 Å². The van der Waals surface area contributed by atoms with Crippen molar-refractivity contribution in [1.29, 1.82) is 5.26 Å². The van der Waals surface area contributed by atoms with Crippen molar-refractivity contribution in [2.75, 3.05) is 17.7 Å². The summed E-state index contributed by atoms with van der Waals surface area (Å²) >= 11 is 4.06. The smallest absolute Gasteiger partial charge is 0.250 e. The van der Waals surface area contributed by atoms with E-state index in [1.807, 2.05) is 6.07 Å². The van der Waals surface area contributed by atoms with Gasteiger partial charge in [0, 0.05) is 25.4 Å². The molecule has 1 aromatic rings. The van der Waals surface area contributed by atoms with Gasteiger partial charge in [-0.15, -0.1) is 0 Å². The number of thiol groups is 1. The maximum absolute atomic E-state index is 12.2. The highest BCUT2D eigenvalue weighted by Gasteiger charge is 2.22. The Morgan fingerprint density at radius 2 is 2.00 bits per heavy atom. The first-order valence-electron chi connectivity index (χ1n) is 5.65. The monoisotopic (exact) mass is 277 g/mol. The van der Waals surface area contributed by atoms with Crippen molar-refractivity contribution < 1.29 is 9.59 Å². The van der Waals surface area contributed by atoms with Crippen molar-refractivity contribution >= 4 is 30.1 Å². The van der Waals surface area contributed by atoms with Crippen LogP contribution in [0.3, 0.4) is 0 Å². The second-order valence-corrected chi connectivity index (χ2v) is 4.36. The number of carbonyl (C=O) groups excluding carboxylic acids is 2. The van der Waals surface area contributed by atoms with E-state index in [9.17, 15) is 9.59 Å². The Hall–Kier alpha value is -2.00. The number of hydrogen-bond donors (Lipinski definition) is 2. The van der Waals surface area contributed by atoms with Gasteiger partial charge in [-0.1, -0.05) is 0 Å². The second kappa shape index (κ2) is 6.81. The van der Waals surface area contributed by atoms with Crippen LogP contribution in [0.1, 0.15) is 12.5 Å². The van der Waals surface area contributed by atoms with E-state index in [1.165, 1.54) is 11.8 Å². The van der Waals surface area contributed by atoms with Gasteiger partial charge in [0.25, 0.3) is 0 Å². The SMILES string of the molecule is CC(=O)NC(CS)C(=O)N(C)c1ccc(C#N)cc1. The van der Waals surface area contributed by atoms with Crippen LogP contribution in [-0.2, 0) is 9.59 Å². The van der Waals surface area contributed by atoms with Crippen LogP contribution >= 0.6 is 12.6 Å². The van der Waals surface area contributed by atoms with Crippen LogP contribution in [0, 0.1) is 11.3 Å². The fourth-order valence-corrected chi connectivity index (χ4v) is 1.80. The quantitative estimate of drug-likeness (QED) is 0.805. The third kappa shape index (κ3) is 4.00. The molecule has 6 heteroatoms. The van der Waals surface area contributed by atoms with E-state index >= 15 is 0 Å². The van der Waals surface area contributed by atoms with Crippen LogP contribution in [0.4, 0.5) is 5.69 Å². The van der Waals surface area contributed by atoms with E-state index in [2.05, 4.69) is 17.9 Å². The molecule has 19 heavy (non-hydrogen) atoms. The summed E-state index contributed by atoms with van der Waals surface area (Å²) in [5.41, 5.74) is 1.18. The minimum Gasteiger partial charge on any atom is -0.344 e. The van der Waals surface area contributed by atoms with Crippen molar-refractivity contribution in [3.63, 3.8) is 0 Å². The summed E-state index contributed by atoms with van der Waals surface area (Å²) in [6.07, 6.45) is 0. The lowest BCUT2D eigenvalue weighted by atomic mass is 10.2. The predicted octanol–water partition coefficient (Wildman–Crippen LogP) is 0.956. The molecule has 1 rings (SSSR count). The molecule has 0 saturated carbocycles. The molecular weight excluding hydrogens is 262 g/mol. The van der Waals surface area contributed by atoms with Gasteiger partial charge in [0.2, 0.25) is 11.8 Å². The topological polar surface area (TPSA) is 73.2 Å². The molecule has 0 aromatic heterocycles. The van der Waals surface area contributed by atoms with Crippen molar-refractivity contribution in [3.05, 3.63) is 29.8 Å². The van der Waals surface area contributed by atoms with Crippen molar-refractivity contribution in [3.8, 4) is 6.07 Å². The number of anilines is 1. The summed E-state index contributed by atoms with van der Waals surface area (Å²) in [6.45, 7) is 1.35. The van der Waals surface area contributed by atoms with Crippen LogP contribution in [0.25, 0.3) is 0 Å². The third-order valence-corrected chi connectivity index (χ3v) is 2.94. The highest BCUT2D eigenvalue weighted by atomic mass is 32.1. The third-order valence-electron chi connectivity index (χ3n) is 2.57. The van der Waals surface area contributed by atoms with E-state index in [-0.39, 0.29) is 17.6 Å².